The van der Waals surface area contributed by atoms with Gasteiger partial charge in [0.1, 0.15) is 11.7 Å². The molecule has 2 aromatic carbocycles. The van der Waals surface area contributed by atoms with E-state index in [9.17, 15) is 14.4 Å². The van der Waals surface area contributed by atoms with Gasteiger partial charge in [0.05, 0.1) is 11.4 Å². The molecule has 1 aliphatic carbocycles. The molecule has 1 aliphatic rings. The van der Waals surface area contributed by atoms with Crippen molar-refractivity contribution in [3.8, 4) is 5.69 Å². The predicted octanol–water partition coefficient (Wildman–Crippen LogP) is 2.15. The van der Waals surface area contributed by atoms with Crippen LogP contribution in [0.25, 0.3) is 5.69 Å². The Labute approximate surface area is 173 Å². The van der Waals surface area contributed by atoms with Crippen molar-refractivity contribution >= 4 is 17.6 Å². The number of nitrogens with zero attached hydrogens (tertiary/aromatic N) is 2. The highest BCUT2D eigenvalue weighted by molar-refractivity contribution is 6.38. The second kappa shape index (κ2) is 8.32. The van der Waals surface area contributed by atoms with Gasteiger partial charge in [0.15, 0.2) is 0 Å². The van der Waals surface area contributed by atoms with Crippen molar-refractivity contribution in [3.05, 3.63) is 83.7 Å². The molecule has 0 saturated heterocycles. The van der Waals surface area contributed by atoms with Gasteiger partial charge in [-0.1, -0.05) is 48.5 Å². The summed E-state index contributed by atoms with van der Waals surface area (Å²) in [7, 11) is 0. The first-order valence-electron chi connectivity index (χ1n) is 9.86. The van der Waals surface area contributed by atoms with Gasteiger partial charge in [-0.3, -0.25) is 14.4 Å². The van der Waals surface area contributed by atoms with Crippen LogP contribution in [0.15, 0.2) is 66.7 Å². The molecule has 0 unspecified atom stereocenters. The van der Waals surface area contributed by atoms with Gasteiger partial charge in [-0.05, 0) is 36.6 Å². The fraction of sp³-hybridized carbons (Fsp3) is 0.217. The number of hydrogen-bond acceptors (Lipinski definition) is 4. The van der Waals surface area contributed by atoms with Crippen LogP contribution < -0.4 is 11.1 Å². The van der Waals surface area contributed by atoms with Crippen LogP contribution in [0.1, 0.15) is 40.5 Å². The Morgan fingerprint density at radius 3 is 2.27 bits per heavy atom. The van der Waals surface area contributed by atoms with Crippen LogP contribution in [0.3, 0.4) is 0 Å². The van der Waals surface area contributed by atoms with Crippen LogP contribution in [-0.2, 0) is 16.0 Å². The number of Topliss-reactive ketones (excluding diaryl/α,β-unsaturated/α-hetero) is 1. The van der Waals surface area contributed by atoms with Gasteiger partial charge >= 0.3 is 0 Å². The van der Waals surface area contributed by atoms with E-state index in [1.54, 1.807) is 10.7 Å². The fourth-order valence-electron chi connectivity index (χ4n) is 3.37. The molecule has 7 heteroatoms. The molecule has 1 atom stereocenters. The number of para-hydroxylation sites is 1. The van der Waals surface area contributed by atoms with E-state index >= 15 is 0 Å². The lowest BCUT2D eigenvalue weighted by Gasteiger charge is -2.17. The lowest BCUT2D eigenvalue weighted by Crippen LogP contribution is -2.47. The second-order valence-corrected chi connectivity index (χ2v) is 7.42. The van der Waals surface area contributed by atoms with E-state index in [1.165, 1.54) is 0 Å². The molecule has 3 N–H and O–H groups in total. The molecule has 0 radical (unpaired) electrons. The minimum atomic E-state index is -1.08. The van der Waals surface area contributed by atoms with Gasteiger partial charge in [0.2, 0.25) is 5.78 Å². The number of ketones is 1. The molecule has 1 aromatic heterocycles. The van der Waals surface area contributed by atoms with Crippen LogP contribution >= 0.6 is 0 Å². The van der Waals surface area contributed by atoms with Gasteiger partial charge in [-0.2, -0.15) is 5.10 Å². The third-order valence-corrected chi connectivity index (χ3v) is 5.10. The first kappa shape index (κ1) is 19.6. The number of hydrogen-bond donors (Lipinski definition) is 2. The summed E-state index contributed by atoms with van der Waals surface area (Å²) in [5, 5.41) is 7.31. The largest absolute Gasteiger partial charge is 0.363 e. The van der Waals surface area contributed by atoms with Crippen molar-refractivity contribution < 1.29 is 14.4 Å². The summed E-state index contributed by atoms with van der Waals surface area (Å²) < 4.78 is 1.58. The zero-order chi connectivity index (χ0) is 21.1. The molecule has 0 bridgehead atoms. The minimum absolute atomic E-state index is 0.170. The van der Waals surface area contributed by atoms with Gasteiger partial charge < -0.3 is 11.1 Å². The molecular weight excluding hydrogens is 380 g/mol. The van der Waals surface area contributed by atoms with Crippen molar-refractivity contribution in [1.29, 1.82) is 0 Å². The molecule has 30 heavy (non-hydrogen) atoms. The molecule has 2 amide bonds. The zero-order valence-corrected chi connectivity index (χ0v) is 16.3. The Hall–Kier alpha value is -3.74. The van der Waals surface area contributed by atoms with Gasteiger partial charge in [0.25, 0.3) is 11.8 Å². The lowest BCUT2D eigenvalue weighted by molar-refractivity contribution is -0.137. The topological polar surface area (TPSA) is 107 Å². The average Bonchev–Trinajstić information content (AvgIpc) is 3.52. The summed E-state index contributed by atoms with van der Waals surface area (Å²) in [5.74, 6) is -2.03. The third kappa shape index (κ3) is 4.30. The van der Waals surface area contributed by atoms with Gasteiger partial charge in [0, 0.05) is 12.3 Å². The van der Waals surface area contributed by atoms with E-state index in [0.717, 1.165) is 29.8 Å². The number of aromatic nitrogens is 2. The highest BCUT2D eigenvalue weighted by Gasteiger charge is 2.31. The van der Waals surface area contributed by atoms with E-state index in [1.807, 2.05) is 60.7 Å². The van der Waals surface area contributed by atoms with E-state index in [-0.39, 0.29) is 6.42 Å². The molecule has 7 nitrogen and oxygen atoms in total. The molecule has 1 saturated carbocycles. The Balaban J connectivity index is 1.63. The highest BCUT2D eigenvalue weighted by atomic mass is 16.2. The standard InChI is InChI=1S/C23H22N4O3/c24-22(29)21(28)19(13-15-7-3-1-4-8-15)25-23(30)20-14-18(16-11-12-16)26-27(20)17-9-5-2-6-10-17/h1-10,14,16,19H,11-13H2,(H2,24,29)(H,25,30)/t19-/m0/s1. The summed E-state index contributed by atoms with van der Waals surface area (Å²) in [5.41, 5.74) is 7.95. The van der Waals surface area contributed by atoms with E-state index in [2.05, 4.69) is 10.4 Å². The van der Waals surface area contributed by atoms with Crippen molar-refractivity contribution in [3.63, 3.8) is 0 Å². The van der Waals surface area contributed by atoms with E-state index in [4.69, 9.17) is 5.73 Å². The Morgan fingerprint density at radius 1 is 1.03 bits per heavy atom. The van der Waals surface area contributed by atoms with Crippen molar-refractivity contribution in [1.82, 2.24) is 15.1 Å². The van der Waals surface area contributed by atoms with Crippen LogP contribution in [0.4, 0.5) is 0 Å². The first-order valence-corrected chi connectivity index (χ1v) is 9.86. The lowest BCUT2D eigenvalue weighted by atomic mass is 10.0. The molecule has 4 rings (SSSR count). The molecular formula is C23H22N4O3. The maximum atomic E-state index is 13.1. The molecule has 0 aliphatic heterocycles. The van der Waals surface area contributed by atoms with Gasteiger partial charge in [-0.25, -0.2) is 4.68 Å². The molecule has 152 valence electrons. The number of nitrogens with one attached hydrogen (secondary N) is 1. The quantitative estimate of drug-likeness (QED) is 0.563. The maximum Gasteiger partial charge on any atom is 0.287 e. The van der Waals surface area contributed by atoms with Crippen LogP contribution in [0, 0.1) is 0 Å². The van der Waals surface area contributed by atoms with Crippen molar-refractivity contribution in [2.24, 2.45) is 5.73 Å². The number of benzene rings is 2. The Morgan fingerprint density at radius 2 is 1.67 bits per heavy atom. The number of rotatable bonds is 8. The zero-order valence-electron chi connectivity index (χ0n) is 16.3. The minimum Gasteiger partial charge on any atom is -0.363 e. The highest BCUT2D eigenvalue weighted by Crippen LogP contribution is 2.39. The Kier molecular flexibility index (Phi) is 5.43. The monoisotopic (exact) mass is 402 g/mol. The molecule has 1 heterocycles. The number of primary amides is 1. The van der Waals surface area contributed by atoms with Crippen LogP contribution in [0.2, 0.25) is 0 Å². The summed E-state index contributed by atoms with van der Waals surface area (Å²) in [6.45, 7) is 0. The average molecular weight is 402 g/mol. The number of amides is 2. The third-order valence-electron chi connectivity index (χ3n) is 5.10. The fourth-order valence-corrected chi connectivity index (χ4v) is 3.37. The summed E-state index contributed by atoms with van der Waals surface area (Å²) >= 11 is 0. The van der Waals surface area contributed by atoms with E-state index < -0.39 is 23.6 Å². The molecule has 1 fully saturated rings. The smallest absolute Gasteiger partial charge is 0.287 e. The van der Waals surface area contributed by atoms with Crippen molar-refractivity contribution in [2.45, 2.75) is 31.2 Å². The Bertz CT molecular complexity index is 1070. The van der Waals surface area contributed by atoms with Gasteiger partial charge in [-0.15, -0.1) is 0 Å². The molecule has 0 spiro atoms. The maximum absolute atomic E-state index is 13.1. The predicted molar refractivity (Wildman–Crippen MR) is 111 cm³/mol. The summed E-state index contributed by atoms with van der Waals surface area (Å²) in [6, 6.07) is 19.2. The van der Waals surface area contributed by atoms with E-state index in [0.29, 0.717) is 11.6 Å². The summed E-state index contributed by atoms with van der Waals surface area (Å²) in [6.07, 6.45) is 2.26. The van der Waals surface area contributed by atoms with Crippen LogP contribution in [0.5, 0.6) is 0 Å². The van der Waals surface area contributed by atoms with Crippen molar-refractivity contribution in [2.75, 3.05) is 0 Å². The van der Waals surface area contributed by atoms with Crippen LogP contribution in [-0.4, -0.2) is 33.4 Å². The molecule has 3 aromatic rings. The number of carbonyl (C=O) groups is 3. The second-order valence-electron chi connectivity index (χ2n) is 7.42. The summed E-state index contributed by atoms with van der Waals surface area (Å²) in [4.78, 5) is 37.1. The SMILES string of the molecule is NC(=O)C(=O)[C@H](Cc1ccccc1)NC(=O)c1cc(C2CC2)nn1-c1ccccc1. The normalized spacial score (nSPS) is 14.1. The number of nitrogens with two attached hydrogens (primary N) is 1. The number of carbonyl (C=O) groups excluding carboxylic acids is 3. The first-order chi connectivity index (χ1) is 14.5.